The maximum atomic E-state index is 11.6. The molecule has 0 fully saturated rings. The molecule has 0 saturated carbocycles. The summed E-state index contributed by atoms with van der Waals surface area (Å²) in [6.07, 6.45) is 6.90. The third-order valence-electron chi connectivity index (χ3n) is 2.56. The van der Waals surface area contributed by atoms with Crippen LogP contribution in [-0.4, -0.2) is 10.8 Å². The van der Waals surface area contributed by atoms with Crippen LogP contribution < -0.4 is 0 Å². The number of fused-ring (bicyclic) bond motifs is 1. The van der Waals surface area contributed by atoms with Gasteiger partial charge in [0.15, 0.2) is 11.4 Å². The normalized spacial score (nSPS) is 19.5. The molecule has 0 spiro atoms. The molecule has 0 radical (unpaired) electrons. The van der Waals surface area contributed by atoms with E-state index in [0.717, 1.165) is 5.52 Å². The number of benzene rings is 1. The number of aromatic nitrogens is 1. The molecule has 3 heteroatoms. The largest absolute Gasteiger partial charge is 0.440 e. The molecule has 1 aliphatic rings. The number of hydrogen-bond acceptors (Lipinski definition) is 3. The van der Waals surface area contributed by atoms with Crippen molar-refractivity contribution in [2.75, 3.05) is 0 Å². The number of nitrogens with zero attached hydrogens (tertiary/aromatic N) is 1. The zero-order chi connectivity index (χ0) is 11.0. The molecule has 1 unspecified atom stereocenters. The summed E-state index contributed by atoms with van der Waals surface area (Å²) >= 11 is 0. The Labute approximate surface area is 92.1 Å². The molecular formula is C13H9NO2. The lowest BCUT2D eigenvalue weighted by molar-refractivity contribution is -0.115. The first-order valence-electron chi connectivity index (χ1n) is 5.09. The predicted octanol–water partition coefficient (Wildman–Crippen LogP) is 2.61. The Morgan fingerprint density at radius 3 is 2.88 bits per heavy atom. The van der Waals surface area contributed by atoms with Crippen molar-refractivity contribution >= 4 is 16.9 Å². The third kappa shape index (κ3) is 1.37. The van der Waals surface area contributed by atoms with Crippen molar-refractivity contribution in [1.29, 1.82) is 0 Å². The SMILES string of the molecule is O=C1C=CC=CC1c1nc2ccccc2o1. The van der Waals surface area contributed by atoms with E-state index in [-0.39, 0.29) is 11.7 Å². The quantitative estimate of drug-likeness (QED) is 0.728. The highest BCUT2D eigenvalue weighted by atomic mass is 16.3. The minimum absolute atomic E-state index is 0.00839. The van der Waals surface area contributed by atoms with Crippen LogP contribution in [0.5, 0.6) is 0 Å². The third-order valence-corrected chi connectivity index (χ3v) is 2.56. The van der Waals surface area contributed by atoms with Crippen LogP contribution in [0.25, 0.3) is 11.1 Å². The highest BCUT2D eigenvalue weighted by molar-refractivity contribution is 5.97. The second-order valence-corrected chi connectivity index (χ2v) is 3.64. The Morgan fingerprint density at radius 1 is 1.19 bits per heavy atom. The van der Waals surface area contributed by atoms with Crippen LogP contribution in [0.3, 0.4) is 0 Å². The highest BCUT2D eigenvalue weighted by Crippen LogP contribution is 2.24. The first-order chi connectivity index (χ1) is 7.84. The van der Waals surface area contributed by atoms with E-state index in [0.29, 0.717) is 11.5 Å². The zero-order valence-corrected chi connectivity index (χ0v) is 8.46. The number of carbonyl (C=O) groups excluding carboxylic acids is 1. The lowest BCUT2D eigenvalue weighted by Crippen LogP contribution is -2.09. The average molecular weight is 211 g/mol. The van der Waals surface area contributed by atoms with Gasteiger partial charge in [-0.3, -0.25) is 4.79 Å². The Kier molecular flexibility index (Phi) is 1.96. The van der Waals surface area contributed by atoms with Crippen molar-refractivity contribution in [1.82, 2.24) is 4.98 Å². The van der Waals surface area contributed by atoms with Gasteiger partial charge in [-0.05, 0) is 18.2 Å². The van der Waals surface area contributed by atoms with Crippen LogP contribution in [0, 0.1) is 0 Å². The molecule has 3 rings (SSSR count). The van der Waals surface area contributed by atoms with Crippen LogP contribution in [0.2, 0.25) is 0 Å². The Balaban J connectivity index is 2.09. The van der Waals surface area contributed by atoms with Crippen molar-refractivity contribution in [3.05, 3.63) is 54.5 Å². The molecule has 0 aliphatic heterocycles. The Bertz CT molecular complexity index is 574. The maximum absolute atomic E-state index is 11.6. The number of para-hydroxylation sites is 2. The van der Waals surface area contributed by atoms with Crippen molar-refractivity contribution in [3.8, 4) is 0 Å². The van der Waals surface area contributed by atoms with Gasteiger partial charge in [-0.1, -0.05) is 30.4 Å². The molecule has 1 atom stereocenters. The second-order valence-electron chi connectivity index (χ2n) is 3.64. The molecule has 0 saturated heterocycles. The van der Waals surface area contributed by atoms with Crippen LogP contribution in [0.15, 0.2) is 53.0 Å². The molecule has 0 bridgehead atoms. The number of oxazole rings is 1. The fraction of sp³-hybridized carbons (Fsp3) is 0.0769. The molecule has 1 aliphatic carbocycles. The van der Waals surface area contributed by atoms with E-state index < -0.39 is 0 Å². The van der Waals surface area contributed by atoms with Gasteiger partial charge in [0.2, 0.25) is 5.89 Å². The Hall–Kier alpha value is -2.16. The van der Waals surface area contributed by atoms with E-state index in [1.807, 2.05) is 30.3 Å². The lowest BCUT2D eigenvalue weighted by atomic mass is 10.00. The zero-order valence-electron chi connectivity index (χ0n) is 8.46. The molecule has 3 nitrogen and oxygen atoms in total. The van der Waals surface area contributed by atoms with Gasteiger partial charge in [0.1, 0.15) is 11.4 Å². The standard InChI is InChI=1S/C13H9NO2/c15-11-7-3-1-5-9(11)13-14-10-6-2-4-8-12(10)16-13/h1-9H. The van der Waals surface area contributed by atoms with Crippen molar-refractivity contribution < 1.29 is 9.21 Å². The maximum Gasteiger partial charge on any atom is 0.210 e. The molecule has 78 valence electrons. The summed E-state index contributed by atoms with van der Waals surface area (Å²) in [6, 6.07) is 7.50. The van der Waals surface area contributed by atoms with E-state index in [1.165, 1.54) is 0 Å². The van der Waals surface area contributed by atoms with Gasteiger partial charge < -0.3 is 4.42 Å². The minimum Gasteiger partial charge on any atom is -0.440 e. The van der Waals surface area contributed by atoms with Crippen molar-refractivity contribution in [2.45, 2.75) is 5.92 Å². The van der Waals surface area contributed by atoms with Gasteiger partial charge in [-0.2, -0.15) is 0 Å². The van der Waals surface area contributed by atoms with Gasteiger partial charge >= 0.3 is 0 Å². The molecule has 1 aromatic heterocycles. The molecule has 16 heavy (non-hydrogen) atoms. The van der Waals surface area contributed by atoms with Gasteiger partial charge in [0.25, 0.3) is 0 Å². The fourth-order valence-electron chi connectivity index (χ4n) is 1.75. The molecule has 1 heterocycles. The topological polar surface area (TPSA) is 43.1 Å². The van der Waals surface area contributed by atoms with Crippen molar-refractivity contribution in [2.24, 2.45) is 0 Å². The smallest absolute Gasteiger partial charge is 0.210 e. The van der Waals surface area contributed by atoms with Gasteiger partial charge in [-0.25, -0.2) is 4.98 Å². The summed E-state index contributed by atoms with van der Waals surface area (Å²) < 4.78 is 5.56. The van der Waals surface area contributed by atoms with Crippen LogP contribution in [0.1, 0.15) is 11.8 Å². The summed E-state index contributed by atoms with van der Waals surface area (Å²) in [4.78, 5) is 15.9. The monoisotopic (exact) mass is 211 g/mol. The molecule has 0 N–H and O–H groups in total. The number of allylic oxidation sites excluding steroid dienone is 4. The lowest BCUT2D eigenvalue weighted by Gasteiger charge is -2.06. The number of rotatable bonds is 1. The molecule has 1 aromatic carbocycles. The van der Waals surface area contributed by atoms with Gasteiger partial charge in [0.05, 0.1) is 0 Å². The Morgan fingerprint density at radius 2 is 2.06 bits per heavy atom. The number of ketones is 1. The van der Waals surface area contributed by atoms with Gasteiger partial charge in [0, 0.05) is 0 Å². The van der Waals surface area contributed by atoms with Crippen LogP contribution in [0.4, 0.5) is 0 Å². The molecular weight excluding hydrogens is 202 g/mol. The number of carbonyl (C=O) groups is 1. The van der Waals surface area contributed by atoms with E-state index in [9.17, 15) is 4.79 Å². The summed E-state index contributed by atoms with van der Waals surface area (Å²) in [5.74, 6) is 0.0956. The predicted molar refractivity (Wildman–Crippen MR) is 60.0 cm³/mol. The number of hydrogen-bond donors (Lipinski definition) is 0. The summed E-state index contributed by atoms with van der Waals surface area (Å²) in [7, 11) is 0. The summed E-state index contributed by atoms with van der Waals surface area (Å²) in [6.45, 7) is 0. The summed E-state index contributed by atoms with van der Waals surface area (Å²) in [5.41, 5.74) is 1.50. The fourth-order valence-corrected chi connectivity index (χ4v) is 1.75. The van der Waals surface area contributed by atoms with E-state index in [4.69, 9.17) is 4.42 Å². The van der Waals surface area contributed by atoms with Crippen molar-refractivity contribution in [3.63, 3.8) is 0 Å². The molecule has 2 aromatic rings. The van der Waals surface area contributed by atoms with Gasteiger partial charge in [-0.15, -0.1) is 0 Å². The van der Waals surface area contributed by atoms with Crippen LogP contribution in [-0.2, 0) is 4.79 Å². The molecule has 0 amide bonds. The first kappa shape index (κ1) is 9.09. The highest BCUT2D eigenvalue weighted by Gasteiger charge is 2.22. The average Bonchev–Trinajstić information content (AvgIpc) is 2.73. The van der Waals surface area contributed by atoms with E-state index >= 15 is 0 Å². The minimum atomic E-state index is -0.377. The van der Waals surface area contributed by atoms with Crippen LogP contribution >= 0.6 is 0 Å². The summed E-state index contributed by atoms with van der Waals surface area (Å²) in [5, 5.41) is 0. The second kappa shape index (κ2) is 3.45. The van der Waals surface area contributed by atoms with E-state index in [1.54, 1.807) is 18.2 Å². The van der Waals surface area contributed by atoms with E-state index in [2.05, 4.69) is 4.98 Å². The first-order valence-corrected chi connectivity index (χ1v) is 5.09.